The number of ether oxygens (including phenoxy) is 1. The summed E-state index contributed by atoms with van der Waals surface area (Å²) < 4.78 is 10.5. The van der Waals surface area contributed by atoms with E-state index < -0.39 is 0 Å². The van der Waals surface area contributed by atoms with Crippen LogP contribution < -0.4 is 5.32 Å². The van der Waals surface area contributed by atoms with Gasteiger partial charge in [-0.15, -0.1) is 0 Å². The van der Waals surface area contributed by atoms with Crippen molar-refractivity contribution in [2.45, 2.75) is 33.2 Å². The maximum atomic E-state index is 12.9. The minimum atomic E-state index is -0.385. The third-order valence-electron chi connectivity index (χ3n) is 5.96. The lowest BCUT2D eigenvalue weighted by molar-refractivity contribution is -0.121. The topological polar surface area (TPSA) is 97.6 Å². The lowest BCUT2D eigenvalue weighted by atomic mass is 9.95. The standard InChI is InChI=1S/C25H27ClN4O4/c1-3-33-25(32)20-8-5-9-21(16(20)2)27-24(31)17-10-12-30(13-11-17)15-22-28-23(29-34-22)18-6-4-7-19(26)14-18/h4-9,14,17H,3,10-13,15H2,1-2H3,(H,27,31). The highest BCUT2D eigenvalue weighted by atomic mass is 35.5. The van der Waals surface area contributed by atoms with E-state index in [1.807, 2.05) is 19.1 Å². The molecule has 34 heavy (non-hydrogen) atoms. The quantitative estimate of drug-likeness (QED) is 0.486. The van der Waals surface area contributed by atoms with Crippen LogP contribution in [0.1, 0.15) is 41.6 Å². The molecule has 1 N–H and O–H groups in total. The number of piperidine rings is 1. The van der Waals surface area contributed by atoms with Crippen molar-refractivity contribution in [2.24, 2.45) is 5.92 Å². The Hall–Kier alpha value is -3.23. The normalized spacial score (nSPS) is 14.7. The van der Waals surface area contributed by atoms with Crippen LogP contribution in [0.2, 0.25) is 5.02 Å². The SMILES string of the molecule is CCOC(=O)c1cccc(NC(=O)C2CCN(Cc3nc(-c4cccc(Cl)c4)no3)CC2)c1C. The molecule has 1 aliphatic rings. The highest BCUT2D eigenvalue weighted by molar-refractivity contribution is 6.30. The average molecular weight is 483 g/mol. The first-order valence-corrected chi connectivity index (χ1v) is 11.7. The number of benzene rings is 2. The van der Waals surface area contributed by atoms with Crippen LogP contribution >= 0.6 is 11.6 Å². The second kappa shape index (κ2) is 10.8. The van der Waals surface area contributed by atoms with E-state index in [9.17, 15) is 9.59 Å². The van der Waals surface area contributed by atoms with Crippen LogP contribution in [-0.2, 0) is 16.1 Å². The Kier molecular flexibility index (Phi) is 7.59. The molecule has 8 nitrogen and oxygen atoms in total. The van der Waals surface area contributed by atoms with Gasteiger partial charge in [0.2, 0.25) is 17.6 Å². The van der Waals surface area contributed by atoms with Crippen molar-refractivity contribution < 1.29 is 18.8 Å². The first-order valence-electron chi connectivity index (χ1n) is 11.3. The summed E-state index contributed by atoms with van der Waals surface area (Å²) in [4.78, 5) is 31.7. The van der Waals surface area contributed by atoms with Gasteiger partial charge in [-0.05, 0) is 69.6 Å². The number of nitrogens with zero attached hydrogens (tertiary/aromatic N) is 3. The summed E-state index contributed by atoms with van der Waals surface area (Å²) in [6.07, 6.45) is 1.44. The number of hydrogen-bond donors (Lipinski definition) is 1. The molecule has 3 aromatic rings. The minimum absolute atomic E-state index is 0.0372. The molecule has 9 heteroatoms. The minimum Gasteiger partial charge on any atom is -0.462 e. The van der Waals surface area contributed by atoms with Crippen molar-refractivity contribution in [1.29, 1.82) is 0 Å². The van der Waals surface area contributed by atoms with Gasteiger partial charge in [0.1, 0.15) is 0 Å². The van der Waals surface area contributed by atoms with Gasteiger partial charge in [-0.3, -0.25) is 9.69 Å². The number of nitrogens with one attached hydrogen (secondary N) is 1. The lowest BCUT2D eigenvalue weighted by Crippen LogP contribution is -2.38. The Labute approximate surface area is 203 Å². The van der Waals surface area contributed by atoms with Crippen molar-refractivity contribution in [2.75, 3.05) is 25.0 Å². The zero-order valence-corrected chi connectivity index (χ0v) is 20.0. The van der Waals surface area contributed by atoms with Crippen molar-refractivity contribution >= 4 is 29.2 Å². The Morgan fingerprint density at radius 1 is 1.21 bits per heavy atom. The van der Waals surface area contributed by atoms with Crippen LogP contribution in [0.4, 0.5) is 5.69 Å². The first-order chi connectivity index (χ1) is 16.4. The fourth-order valence-electron chi connectivity index (χ4n) is 4.04. The van der Waals surface area contributed by atoms with Gasteiger partial charge in [-0.2, -0.15) is 4.98 Å². The number of esters is 1. The summed E-state index contributed by atoms with van der Waals surface area (Å²) in [5, 5.41) is 7.66. The molecule has 0 bridgehead atoms. The lowest BCUT2D eigenvalue weighted by Gasteiger charge is -2.30. The molecule has 1 aromatic heterocycles. The summed E-state index contributed by atoms with van der Waals surface area (Å²) in [6.45, 7) is 5.90. The third kappa shape index (κ3) is 5.63. The molecule has 0 unspecified atom stereocenters. The number of halogens is 1. The number of carbonyl (C=O) groups excluding carboxylic acids is 2. The maximum Gasteiger partial charge on any atom is 0.338 e. The van der Waals surface area contributed by atoms with Crippen molar-refractivity contribution in [3.05, 3.63) is 64.5 Å². The number of likely N-dealkylation sites (tertiary alicyclic amines) is 1. The molecule has 1 amide bonds. The molecule has 1 saturated heterocycles. The molecule has 0 spiro atoms. The number of anilines is 1. The molecule has 0 aliphatic carbocycles. The predicted octanol–water partition coefficient (Wildman–Crippen LogP) is 4.73. The summed E-state index contributed by atoms with van der Waals surface area (Å²) in [5.74, 6) is 0.511. The monoisotopic (exact) mass is 482 g/mol. The van der Waals surface area contributed by atoms with E-state index in [2.05, 4.69) is 20.4 Å². The molecule has 178 valence electrons. The van der Waals surface area contributed by atoms with Gasteiger partial charge < -0.3 is 14.6 Å². The van der Waals surface area contributed by atoms with E-state index >= 15 is 0 Å². The second-order valence-corrected chi connectivity index (χ2v) is 8.70. The van der Waals surface area contributed by atoms with Gasteiger partial charge in [-0.25, -0.2) is 4.79 Å². The van der Waals surface area contributed by atoms with Crippen molar-refractivity contribution in [1.82, 2.24) is 15.0 Å². The molecule has 2 aromatic carbocycles. The van der Waals surface area contributed by atoms with Crippen molar-refractivity contribution in [3.8, 4) is 11.4 Å². The Balaban J connectivity index is 1.31. The molecule has 0 saturated carbocycles. The molecular weight excluding hydrogens is 456 g/mol. The largest absolute Gasteiger partial charge is 0.462 e. The molecule has 0 radical (unpaired) electrons. The van der Waals surface area contributed by atoms with Crippen LogP contribution in [0.5, 0.6) is 0 Å². The summed E-state index contributed by atoms with van der Waals surface area (Å²) in [7, 11) is 0. The van der Waals surface area contributed by atoms with Gasteiger partial charge >= 0.3 is 5.97 Å². The summed E-state index contributed by atoms with van der Waals surface area (Å²) in [5.41, 5.74) is 2.61. The van der Waals surface area contributed by atoms with Crippen LogP contribution in [0.15, 0.2) is 47.0 Å². The molecule has 1 aliphatic heterocycles. The fourth-order valence-corrected chi connectivity index (χ4v) is 4.23. The predicted molar refractivity (Wildman–Crippen MR) is 129 cm³/mol. The number of carbonyl (C=O) groups is 2. The van der Waals surface area contributed by atoms with E-state index in [-0.39, 0.29) is 17.8 Å². The average Bonchev–Trinajstić information content (AvgIpc) is 3.29. The first kappa shape index (κ1) is 23.9. The highest BCUT2D eigenvalue weighted by Crippen LogP contribution is 2.25. The Bertz CT molecular complexity index is 1170. The second-order valence-electron chi connectivity index (χ2n) is 8.26. The zero-order valence-electron chi connectivity index (χ0n) is 19.2. The van der Waals surface area contributed by atoms with Crippen molar-refractivity contribution in [3.63, 3.8) is 0 Å². The summed E-state index contributed by atoms with van der Waals surface area (Å²) in [6, 6.07) is 12.6. The van der Waals surface area contributed by atoms with E-state index in [0.717, 1.165) is 31.5 Å². The van der Waals surface area contributed by atoms with Crippen LogP contribution in [0.25, 0.3) is 11.4 Å². The molecule has 4 rings (SSSR count). The van der Waals surface area contributed by atoms with E-state index in [4.69, 9.17) is 20.9 Å². The van der Waals surface area contributed by atoms with Gasteiger partial charge in [0, 0.05) is 22.2 Å². The van der Waals surface area contributed by atoms with Crippen LogP contribution in [0, 0.1) is 12.8 Å². The van der Waals surface area contributed by atoms with E-state index in [1.54, 1.807) is 37.3 Å². The van der Waals surface area contributed by atoms with Gasteiger partial charge in [0.15, 0.2) is 0 Å². The smallest absolute Gasteiger partial charge is 0.338 e. The highest BCUT2D eigenvalue weighted by Gasteiger charge is 2.27. The van der Waals surface area contributed by atoms with E-state index in [1.165, 1.54) is 0 Å². The van der Waals surface area contributed by atoms with Gasteiger partial charge in [0.25, 0.3) is 0 Å². The molecule has 0 atom stereocenters. The number of hydrogen-bond acceptors (Lipinski definition) is 7. The third-order valence-corrected chi connectivity index (χ3v) is 6.19. The van der Waals surface area contributed by atoms with E-state index in [0.29, 0.717) is 46.7 Å². The molecule has 2 heterocycles. The van der Waals surface area contributed by atoms with Crippen LogP contribution in [-0.4, -0.2) is 46.6 Å². The zero-order chi connectivity index (χ0) is 24.1. The Morgan fingerprint density at radius 2 is 1.97 bits per heavy atom. The summed E-state index contributed by atoms with van der Waals surface area (Å²) >= 11 is 6.04. The number of aromatic nitrogens is 2. The maximum absolute atomic E-state index is 12.9. The Morgan fingerprint density at radius 3 is 2.71 bits per heavy atom. The molecule has 1 fully saturated rings. The van der Waals surface area contributed by atoms with Crippen LogP contribution in [0.3, 0.4) is 0 Å². The number of amides is 1. The molecular formula is C25H27ClN4O4. The number of rotatable bonds is 7. The fraction of sp³-hybridized carbons (Fsp3) is 0.360. The van der Waals surface area contributed by atoms with Gasteiger partial charge in [-0.1, -0.05) is 35.0 Å². The van der Waals surface area contributed by atoms with Gasteiger partial charge in [0.05, 0.1) is 18.7 Å².